The molecule has 0 unspecified atom stereocenters. The summed E-state index contributed by atoms with van der Waals surface area (Å²) in [5.74, 6) is 1.10. The summed E-state index contributed by atoms with van der Waals surface area (Å²) in [4.78, 5) is 6.83. The number of hydrogen-bond donors (Lipinski definition) is 1. The molecular formula is C12H22N4. The topological polar surface area (TPSA) is 33.1 Å². The van der Waals surface area contributed by atoms with Crippen LogP contribution in [0, 0.1) is 6.92 Å². The van der Waals surface area contributed by atoms with Crippen molar-refractivity contribution in [3.63, 3.8) is 0 Å². The minimum atomic E-state index is 0.123. The monoisotopic (exact) mass is 222 g/mol. The molecule has 1 aliphatic heterocycles. The molecule has 1 aromatic heterocycles. The molecule has 2 rings (SSSR count). The van der Waals surface area contributed by atoms with Gasteiger partial charge in [0.2, 0.25) is 0 Å². The van der Waals surface area contributed by atoms with Crippen molar-refractivity contribution < 1.29 is 0 Å². The van der Waals surface area contributed by atoms with Crippen LogP contribution < -0.4 is 5.32 Å². The molecule has 0 atom stereocenters. The fraction of sp³-hybridized carbons (Fsp3) is 0.750. The summed E-state index contributed by atoms with van der Waals surface area (Å²) in [6, 6.07) is 0. The highest BCUT2D eigenvalue weighted by Crippen LogP contribution is 2.18. The average molecular weight is 222 g/mol. The van der Waals surface area contributed by atoms with Gasteiger partial charge >= 0.3 is 0 Å². The zero-order valence-corrected chi connectivity index (χ0v) is 10.5. The second kappa shape index (κ2) is 4.55. The predicted molar refractivity (Wildman–Crippen MR) is 65.6 cm³/mol. The average Bonchev–Trinajstić information content (AvgIpc) is 2.66. The van der Waals surface area contributed by atoms with Gasteiger partial charge in [0.1, 0.15) is 5.82 Å². The molecule has 1 aliphatic rings. The Labute approximate surface area is 97.7 Å². The summed E-state index contributed by atoms with van der Waals surface area (Å²) >= 11 is 0. The number of piperazine rings is 1. The van der Waals surface area contributed by atoms with Crippen LogP contribution in [-0.2, 0) is 5.54 Å². The van der Waals surface area contributed by atoms with Crippen LogP contribution in [0.15, 0.2) is 12.4 Å². The molecule has 0 aliphatic carbocycles. The molecule has 4 heteroatoms. The zero-order valence-electron chi connectivity index (χ0n) is 10.5. The molecule has 0 bridgehead atoms. The number of nitrogens with zero attached hydrogens (tertiary/aromatic N) is 3. The van der Waals surface area contributed by atoms with Crippen LogP contribution in [0.4, 0.5) is 0 Å². The van der Waals surface area contributed by atoms with Crippen LogP contribution in [0.25, 0.3) is 0 Å². The van der Waals surface area contributed by atoms with E-state index in [0.29, 0.717) is 0 Å². The van der Waals surface area contributed by atoms with Gasteiger partial charge in [0.15, 0.2) is 0 Å². The Morgan fingerprint density at radius 3 is 2.62 bits per heavy atom. The molecule has 1 aromatic rings. The molecule has 0 spiro atoms. The van der Waals surface area contributed by atoms with Gasteiger partial charge in [0.25, 0.3) is 0 Å². The fourth-order valence-electron chi connectivity index (χ4n) is 2.51. The maximum Gasteiger partial charge on any atom is 0.106 e. The van der Waals surface area contributed by atoms with Gasteiger partial charge in [0, 0.05) is 45.1 Å². The van der Waals surface area contributed by atoms with Crippen molar-refractivity contribution in [2.24, 2.45) is 0 Å². The Balaban J connectivity index is 2.04. The smallest absolute Gasteiger partial charge is 0.106 e. The summed E-state index contributed by atoms with van der Waals surface area (Å²) in [6.45, 7) is 12.2. The summed E-state index contributed by atoms with van der Waals surface area (Å²) in [5.41, 5.74) is 0.123. The van der Waals surface area contributed by atoms with Crippen molar-refractivity contribution in [3.8, 4) is 0 Å². The van der Waals surface area contributed by atoms with Gasteiger partial charge in [0.05, 0.1) is 5.54 Å². The van der Waals surface area contributed by atoms with E-state index in [9.17, 15) is 0 Å². The van der Waals surface area contributed by atoms with Crippen molar-refractivity contribution in [1.29, 1.82) is 0 Å². The Morgan fingerprint density at radius 2 is 2.06 bits per heavy atom. The van der Waals surface area contributed by atoms with E-state index in [1.165, 1.54) is 0 Å². The summed E-state index contributed by atoms with van der Waals surface area (Å²) in [7, 11) is 0. The van der Waals surface area contributed by atoms with Gasteiger partial charge in [-0.05, 0) is 20.8 Å². The lowest BCUT2D eigenvalue weighted by atomic mass is 10.0. The lowest BCUT2D eigenvalue weighted by Gasteiger charge is -2.36. The van der Waals surface area contributed by atoms with Gasteiger partial charge < -0.3 is 9.88 Å². The van der Waals surface area contributed by atoms with Crippen molar-refractivity contribution in [2.45, 2.75) is 26.3 Å². The molecule has 4 nitrogen and oxygen atoms in total. The van der Waals surface area contributed by atoms with Crippen molar-refractivity contribution in [1.82, 2.24) is 19.8 Å². The first-order chi connectivity index (χ1) is 7.59. The Bertz CT molecular complexity index is 337. The summed E-state index contributed by atoms with van der Waals surface area (Å²) < 4.78 is 2.27. The molecule has 0 radical (unpaired) electrons. The molecule has 1 N–H and O–H groups in total. The number of rotatable bonds is 3. The van der Waals surface area contributed by atoms with Gasteiger partial charge in [-0.2, -0.15) is 0 Å². The quantitative estimate of drug-likeness (QED) is 0.822. The molecule has 16 heavy (non-hydrogen) atoms. The molecule has 0 aromatic carbocycles. The molecule has 0 amide bonds. The lowest BCUT2D eigenvalue weighted by Crippen LogP contribution is -2.49. The molecule has 1 fully saturated rings. The first-order valence-electron chi connectivity index (χ1n) is 6.03. The fourth-order valence-corrected chi connectivity index (χ4v) is 2.51. The first-order valence-corrected chi connectivity index (χ1v) is 6.03. The van der Waals surface area contributed by atoms with Crippen LogP contribution in [-0.4, -0.2) is 47.2 Å². The Hall–Kier alpha value is -0.870. The third kappa shape index (κ3) is 2.44. The van der Waals surface area contributed by atoms with Crippen LogP contribution in [0.2, 0.25) is 0 Å². The maximum absolute atomic E-state index is 4.31. The highest BCUT2D eigenvalue weighted by molar-refractivity contribution is 4.97. The van der Waals surface area contributed by atoms with Crippen molar-refractivity contribution in [2.75, 3.05) is 32.7 Å². The van der Waals surface area contributed by atoms with Gasteiger partial charge in [-0.3, -0.25) is 4.90 Å². The molecule has 0 saturated carbocycles. The SMILES string of the molecule is Cc1nccn1C(C)(C)CN1CCNCC1. The van der Waals surface area contributed by atoms with Crippen LogP contribution in [0.3, 0.4) is 0 Å². The normalized spacial score (nSPS) is 18.9. The van der Waals surface area contributed by atoms with Crippen LogP contribution in [0.1, 0.15) is 19.7 Å². The summed E-state index contributed by atoms with van der Waals surface area (Å²) in [5, 5.41) is 3.39. The standard InChI is InChI=1S/C12H22N4/c1-11-14-6-9-16(11)12(2,3)10-15-7-4-13-5-8-15/h6,9,13H,4-5,7-8,10H2,1-3H3. The molecule has 1 saturated heterocycles. The predicted octanol–water partition coefficient (Wildman–Crippen LogP) is 0.832. The first kappa shape index (κ1) is 11.6. The van der Waals surface area contributed by atoms with E-state index >= 15 is 0 Å². The van der Waals surface area contributed by atoms with Crippen LogP contribution in [0.5, 0.6) is 0 Å². The Kier molecular flexibility index (Phi) is 3.30. The maximum atomic E-state index is 4.31. The highest BCUT2D eigenvalue weighted by atomic mass is 15.2. The largest absolute Gasteiger partial charge is 0.328 e. The van der Waals surface area contributed by atoms with E-state index in [1.54, 1.807) is 0 Å². The third-order valence-electron chi connectivity index (χ3n) is 3.30. The van der Waals surface area contributed by atoms with E-state index in [0.717, 1.165) is 38.5 Å². The van der Waals surface area contributed by atoms with Crippen molar-refractivity contribution in [3.05, 3.63) is 18.2 Å². The highest BCUT2D eigenvalue weighted by Gasteiger charge is 2.25. The molecule has 90 valence electrons. The number of nitrogens with one attached hydrogen (secondary N) is 1. The second-order valence-corrected chi connectivity index (χ2v) is 5.18. The number of hydrogen-bond acceptors (Lipinski definition) is 3. The molecule has 2 heterocycles. The van der Waals surface area contributed by atoms with Crippen LogP contribution >= 0.6 is 0 Å². The van der Waals surface area contributed by atoms with E-state index in [2.05, 4.69) is 46.7 Å². The van der Waals surface area contributed by atoms with Crippen molar-refractivity contribution >= 4 is 0 Å². The second-order valence-electron chi connectivity index (χ2n) is 5.18. The van der Waals surface area contributed by atoms with E-state index in [1.807, 2.05) is 6.20 Å². The Morgan fingerprint density at radius 1 is 1.38 bits per heavy atom. The lowest BCUT2D eigenvalue weighted by molar-refractivity contribution is 0.162. The third-order valence-corrected chi connectivity index (χ3v) is 3.30. The minimum absolute atomic E-state index is 0.123. The van der Waals surface area contributed by atoms with Gasteiger partial charge in [-0.25, -0.2) is 4.98 Å². The van der Waals surface area contributed by atoms with E-state index < -0.39 is 0 Å². The molecular weight excluding hydrogens is 200 g/mol. The van der Waals surface area contributed by atoms with Gasteiger partial charge in [-0.15, -0.1) is 0 Å². The van der Waals surface area contributed by atoms with E-state index in [-0.39, 0.29) is 5.54 Å². The number of aromatic nitrogens is 2. The van der Waals surface area contributed by atoms with Gasteiger partial charge in [-0.1, -0.05) is 0 Å². The number of aryl methyl sites for hydroxylation is 1. The number of imidazole rings is 1. The zero-order chi connectivity index (χ0) is 11.6. The summed E-state index contributed by atoms with van der Waals surface area (Å²) in [6.07, 6.45) is 3.96. The van der Waals surface area contributed by atoms with E-state index in [4.69, 9.17) is 0 Å². The minimum Gasteiger partial charge on any atom is -0.328 e.